The molecule has 0 bridgehead atoms. The molecule has 0 spiro atoms. The minimum atomic E-state index is -0.473. The van der Waals surface area contributed by atoms with Crippen molar-refractivity contribution in [2.45, 2.75) is 18.3 Å². The van der Waals surface area contributed by atoms with Gasteiger partial charge in [0, 0.05) is 15.4 Å². The smallest absolute Gasteiger partial charge is 0.318 e. The van der Waals surface area contributed by atoms with Gasteiger partial charge in [-0.25, -0.2) is 4.98 Å². The predicted octanol–water partition coefficient (Wildman–Crippen LogP) is 3.78. The lowest BCUT2D eigenvalue weighted by Crippen LogP contribution is -2.21. The Morgan fingerprint density at radius 2 is 2.16 bits per heavy atom. The van der Waals surface area contributed by atoms with Crippen LogP contribution in [0.15, 0.2) is 34.1 Å². The van der Waals surface area contributed by atoms with E-state index in [0.29, 0.717) is 0 Å². The van der Waals surface area contributed by atoms with Gasteiger partial charge >= 0.3 is 5.97 Å². The van der Waals surface area contributed by atoms with Crippen molar-refractivity contribution in [3.63, 3.8) is 0 Å². The highest BCUT2D eigenvalue weighted by atomic mass is 79.9. The molecule has 98 valence electrons. The molecule has 1 aromatic heterocycles. The highest BCUT2D eigenvalue weighted by Gasteiger charge is 2.55. The predicted molar refractivity (Wildman–Crippen MR) is 78.2 cm³/mol. The number of ether oxygens (including phenoxy) is 1. The van der Waals surface area contributed by atoms with Crippen molar-refractivity contribution >= 4 is 33.2 Å². The second-order valence-corrected chi connectivity index (χ2v) is 6.30. The molecule has 0 unspecified atom stereocenters. The fourth-order valence-electron chi connectivity index (χ4n) is 2.11. The first-order valence-corrected chi connectivity index (χ1v) is 7.64. The molecule has 0 atom stereocenters. The van der Waals surface area contributed by atoms with Crippen LogP contribution in [-0.4, -0.2) is 18.1 Å². The number of nitrogens with zero attached hydrogens (tertiary/aromatic N) is 1. The summed E-state index contributed by atoms with van der Waals surface area (Å²) >= 11 is 5.06. The quantitative estimate of drug-likeness (QED) is 0.800. The Labute approximate surface area is 123 Å². The maximum Gasteiger partial charge on any atom is 0.318 e. The van der Waals surface area contributed by atoms with E-state index in [1.165, 1.54) is 18.4 Å². The number of methoxy groups -OCH3 is 1. The number of esters is 1. The molecule has 1 aliphatic carbocycles. The monoisotopic (exact) mass is 337 g/mol. The number of benzene rings is 1. The Bertz CT molecular complexity index is 634. The average molecular weight is 338 g/mol. The van der Waals surface area contributed by atoms with Crippen LogP contribution in [-0.2, 0) is 14.9 Å². The van der Waals surface area contributed by atoms with Gasteiger partial charge in [-0.05, 0) is 18.9 Å². The van der Waals surface area contributed by atoms with Gasteiger partial charge in [-0.3, -0.25) is 4.79 Å². The van der Waals surface area contributed by atoms with E-state index in [4.69, 9.17) is 4.74 Å². The Morgan fingerprint density at radius 1 is 1.42 bits per heavy atom. The average Bonchev–Trinajstić information content (AvgIpc) is 3.10. The zero-order chi connectivity index (χ0) is 13.5. The lowest BCUT2D eigenvalue weighted by atomic mass is 10.1. The molecule has 3 nitrogen and oxygen atoms in total. The van der Waals surface area contributed by atoms with Crippen molar-refractivity contribution in [1.29, 1.82) is 0 Å². The van der Waals surface area contributed by atoms with Gasteiger partial charge in [-0.2, -0.15) is 0 Å². The van der Waals surface area contributed by atoms with E-state index in [1.807, 2.05) is 29.6 Å². The Morgan fingerprint density at radius 3 is 2.79 bits per heavy atom. The van der Waals surface area contributed by atoms with E-state index in [-0.39, 0.29) is 5.97 Å². The molecule has 19 heavy (non-hydrogen) atoms. The van der Waals surface area contributed by atoms with Crippen LogP contribution >= 0.6 is 27.3 Å². The fraction of sp³-hybridized carbons (Fsp3) is 0.286. The first-order valence-electron chi connectivity index (χ1n) is 5.97. The summed E-state index contributed by atoms with van der Waals surface area (Å²) < 4.78 is 5.90. The van der Waals surface area contributed by atoms with E-state index < -0.39 is 5.41 Å². The molecule has 0 N–H and O–H groups in total. The van der Waals surface area contributed by atoms with Crippen LogP contribution < -0.4 is 0 Å². The number of halogens is 1. The van der Waals surface area contributed by atoms with Crippen LogP contribution in [0.1, 0.15) is 17.8 Å². The molecule has 1 saturated carbocycles. The standard InChI is InChI=1S/C14H12BrNO2S/c1-18-13(17)14(6-7-14)12-16-11(8-19-12)9-4-2-3-5-10(9)15/h2-5,8H,6-7H2,1H3. The molecule has 1 aliphatic rings. The maximum absolute atomic E-state index is 11.8. The first-order chi connectivity index (χ1) is 9.17. The van der Waals surface area contributed by atoms with Gasteiger partial charge in [-0.15, -0.1) is 11.3 Å². The van der Waals surface area contributed by atoms with Gasteiger partial charge in [0.2, 0.25) is 0 Å². The zero-order valence-electron chi connectivity index (χ0n) is 10.4. The summed E-state index contributed by atoms with van der Waals surface area (Å²) in [4.78, 5) is 16.5. The molecular weight excluding hydrogens is 326 g/mol. The minimum absolute atomic E-state index is 0.166. The molecule has 0 radical (unpaired) electrons. The Hall–Kier alpha value is -1.20. The number of aromatic nitrogens is 1. The van der Waals surface area contributed by atoms with E-state index in [9.17, 15) is 4.79 Å². The zero-order valence-corrected chi connectivity index (χ0v) is 12.8. The molecule has 0 aliphatic heterocycles. The van der Waals surface area contributed by atoms with Gasteiger partial charge in [-0.1, -0.05) is 34.1 Å². The number of thiazole rings is 1. The summed E-state index contributed by atoms with van der Waals surface area (Å²) in [5.74, 6) is -0.166. The van der Waals surface area contributed by atoms with Crippen LogP contribution in [0.2, 0.25) is 0 Å². The van der Waals surface area contributed by atoms with Gasteiger partial charge in [0.05, 0.1) is 12.8 Å². The van der Waals surface area contributed by atoms with Gasteiger partial charge in [0.15, 0.2) is 0 Å². The molecule has 5 heteroatoms. The second kappa shape index (κ2) is 4.72. The summed E-state index contributed by atoms with van der Waals surface area (Å²) in [7, 11) is 1.44. The molecule has 0 amide bonds. The molecule has 2 aromatic rings. The minimum Gasteiger partial charge on any atom is -0.468 e. The van der Waals surface area contributed by atoms with Crippen LogP contribution in [0.4, 0.5) is 0 Å². The van der Waals surface area contributed by atoms with Gasteiger partial charge in [0.1, 0.15) is 10.4 Å². The third-order valence-electron chi connectivity index (χ3n) is 3.39. The van der Waals surface area contributed by atoms with Crippen molar-refractivity contribution in [3.8, 4) is 11.3 Å². The highest BCUT2D eigenvalue weighted by molar-refractivity contribution is 9.10. The first kappa shape index (κ1) is 12.8. The number of hydrogen-bond acceptors (Lipinski definition) is 4. The van der Waals surface area contributed by atoms with Crippen molar-refractivity contribution < 1.29 is 9.53 Å². The number of carbonyl (C=O) groups excluding carboxylic acids is 1. The third-order valence-corrected chi connectivity index (χ3v) is 5.13. The summed E-state index contributed by atoms with van der Waals surface area (Å²) in [6.45, 7) is 0. The molecule has 1 heterocycles. The fourth-order valence-corrected chi connectivity index (χ4v) is 3.67. The third kappa shape index (κ3) is 2.11. The second-order valence-electron chi connectivity index (χ2n) is 4.59. The molecular formula is C14H12BrNO2S. The number of carbonyl (C=O) groups is 1. The van der Waals surface area contributed by atoms with Crippen molar-refractivity contribution in [3.05, 3.63) is 39.1 Å². The van der Waals surface area contributed by atoms with E-state index in [2.05, 4.69) is 20.9 Å². The van der Waals surface area contributed by atoms with Crippen molar-refractivity contribution in [2.24, 2.45) is 0 Å². The summed E-state index contributed by atoms with van der Waals surface area (Å²) in [6.07, 6.45) is 1.67. The highest BCUT2D eigenvalue weighted by Crippen LogP contribution is 2.50. The van der Waals surface area contributed by atoms with Crippen LogP contribution in [0.3, 0.4) is 0 Å². The molecule has 1 aromatic carbocycles. The SMILES string of the molecule is COC(=O)C1(c2nc(-c3ccccc3Br)cs2)CC1. The summed E-state index contributed by atoms with van der Waals surface area (Å²) in [5, 5.41) is 2.86. The van der Waals surface area contributed by atoms with Crippen LogP contribution in [0.25, 0.3) is 11.3 Å². The number of rotatable bonds is 3. The normalized spacial score (nSPS) is 16.1. The molecule has 1 fully saturated rings. The van der Waals surface area contributed by atoms with Crippen molar-refractivity contribution in [2.75, 3.05) is 7.11 Å². The van der Waals surface area contributed by atoms with Crippen molar-refractivity contribution in [1.82, 2.24) is 4.98 Å². The molecule has 0 saturated heterocycles. The van der Waals surface area contributed by atoms with Gasteiger partial charge < -0.3 is 4.74 Å². The summed E-state index contributed by atoms with van der Waals surface area (Å²) in [6, 6.07) is 7.95. The summed E-state index contributed by atoms with van der Waals surface area (Å²) in [5.41, 5.74) is 1.48. The van der Waals surface area contributed by atoms with E-state index in [1.54, 1.807) is 0 Å². The largest absolute Gasteiger partial charge is 0.468 e. The lowest BCUT2D eigenvalue weighted by molar-refractivity contribution is -0.143. The lowest BCUT2D eigenvalue weighted by Gasteiger charge is -2.08. The van der Waals surface area contributed by atoms with Gasteiger partial charge in [0.25, 0.3) is 0 Å². The Kier molecular flexibility index (Phi) is 3.19. The van der Waals surface area contributed by atoms with E-state index >= 15 is 0 Å². The molecule has 3 rings (SSSR count). The topological polar surface area (TPSA) is 39.2 Å². The van der Waals surface area contributed by atoms with E-state index in [0.717, 1.165) is 33.6 Å². The van der Waals surface area contributed by atoms with Crippen LogP contribution in [0, 0.1) is 0 Å². The Balaban J connectivity index is 1.97. The maximum atomic E-state index is 11.8. The number of hydrogen-bond donors (Lipinski definition) is 0. The van der Waals surface area contributed by atoms with Crippen LogP contribution in [0.5, 0.6) is 0 Å².